The van der Waals surface area contributed by atoms with Crippen molar-refractivity contribution >= 4 is 19.8 Å². The maximum absolute atomic E-state index is 12.8. The number of carbonyl (C=O) groups excluding carboxylic acids is 2. The molecule has 0 aliphatic heterocycles. The van der Waals surface area contributed by atoms with Gasteiger partial charge in [-0.15, -0.1) is 0 Å². The quantitative estimate of drug-likeness (QED) is 0.0264. The first-order valence-corrected chi connectivity index (χ1v) is 41.9. The molecule has 93 heavy (non-hydrogen) atoms. The number of hydrogen-bond acceptors (Lipinski definition) is 8. The Bertz CT molecular complexity index is 1760. The number of phosphoric acid groups is 1. The van der Waals surface area contributed by atoms with Crippen LogP contribution in [0.4, 0.5) is 0 Å². The molecule has 9 nitrogen and oxygen atoms in total. The molecular weight excluding hydrogens is 1170 g/mol. The van der Waals surface area contributed by atoms with E-state index in [2.05, 4.69) is 86.8 Å². The van der Waals surface area contributed by atoms with Gasteiger partial charge in [-0.2, -0.15) is 0 Å². The Morgan fingerprint density at radius 3 is 0.892 bits per heavy atom. The Morgan fingerprint density at radius 1 is 0.333 bits per heavy atom. The van der Waals surface area contributed by atoms with Crippen LogP contribution in [0.15, 0.2) is 72.9 Å². The molecule has 0 saturated carbocycles. The van der Waals surface area contributed by atoms with Gasteiger partial charge in [0.2, 0.25) is 0 Å². The second-order valence-electron chi connectivity index (χ2n) is 27.3. The molecule has 0 aliphatic rings. The lowest BCUT2D eigenvalue weighted by Gasteiger charge is -2.19. The summed E-state index contributed by atoms with van der Waals surface area (Å²) in [5.41, 5.74) is 5.42. The van der Waals surface area contributed by atoms with Crippen molar-refractivity contribution < 1.29 is 37.6 Å². The Balaban J connectivity index is 3.75. The smallest absolute Gasteiger partial charge is 0.462 e. The summed E-state index contributed by atoms with van der Waals surface area (Å²) in [6.45, 7) is 3.70. The van der Waals surface area contributed by atoms with Gasteiger partial charge >= 0.3 is 19.8 Å². The molecule has 544 valence electrons. The van der Waals surface area contributed by atoms with Crippen molar-refractivity contribution in [3.05, 3.63) is 72.9 Å². The van der Waals surface area contributed by atoms with E-state index in [0.717, 1.165) is 64.2 Å². The molecule has 0 aromatic carbocycles. The molecule has 0 saturated heterocycles. The van der Waals surface area contributed by atoms with Crippen molar-refractivity contribution in [1.82, 2.24) is 0 Å². The zero-order valence-corrected chi connectivity index (χ0v) is 62.4. The minimum atomic E-state index is -4.40. The number of esters is 2. The zero-order valence-electron chi connectivity index (χ0n) is 61.5. The van der Waals surface area contributed by atoms with E-state index < -0.39 is 26.5 Å². The van der Waals surface area contributed by atoms with Crippen molar-refractivity contribution in [2.45, 2.75) is 418 Å². The summed E-state index contributed by atoms with van der Waals surface area (Å²) < 4.78 is 33.3. The second-order valence-corrected chi connectivity index (χ2v) is 28.7. The maximum Gasteiger partial charge on any atom is 0.472 e. The lowest BCUT2D eigenvalue weighted by atomic mass is 10.0. The van der Waals surface area contributed by atoms with Gasteiger partial charge in [0.05, 0.1) is 13.2 Å². The van der Waals surface area contributed by atoms with Gasteiger partial charge in [-0.25, -0.2) is 4.57 Å². The summed E-state index contributed by atoms with van der Waals surface area (Å²) in [6, 6.07) is 0. The maximum atomic E-state index is 12.8. The van der Waals surface area contributed by atoms with Gasteiger partial charge in [0.1, 0.15) is 6.61 Å². The monoisotopic (exact) mass is 1320 g/mol. The number of phosphoric ester groups is 1. The standard InChI is InChI=1S/C83H154NO8P/c1-3-5-7-9-11-13-15-17-19-21-23-25-27-29-31-33-35-36-37-38-39-40-41-42-43-44-46-48-50-52-54-56-58-60-62-64-66-68-70-72-74-76-83(86)92-81(80-91-93(87,88)90-78-77-84)79-89-82(85)75-73-71-69-67-65-63-61-59-57-55-53-51-49-47-45-34-32-30-28-26-24-22-20-18-16-14-12-10-8-6-4-2/h5,7,11,13,17,19,22-25,29,31,81H,3-4,6,8-10,12,14-16,18,20-21,26-28,30,32-80,84H2,1-2H3,(H,87,88)/b7-5-,13-11-,19-17-,24-22-,25-23-,31-29-. The third-order valence-electron chi connectivity index (χ3n) is 18.1. The number of nitrogens with two attached hydrogens (primary N) is 1. The second kappa shape index (κ2) is 78.4. The molecule has 0 aliphatic carbocycles. The highest BCUT2D eigenvalue weighted by Gasteiger charge is 2.26. The summed E-state index contributed by atoms with van der Waals surface area (Å²) in [6.07, 6.45) is 105. The average molecular weight is 1330 g/mol. The van der Waals surface area contributed by atoms with Crippen molar-refractivity contribution in [2.75, 3.05) is 26.4 Å². The van der Waals surface area contributed by atoms with Crippen LogP contribution in [0.2, 0.25) is 0 Å². The minimum absolute atomic E-state index is 0.0553. The highest BCUT2D eigenvalue weighted by molar-refractivity contribution is 7.47. The molecule has 0 rings (SSSR count). The molecule has 0 radical (unpaired) electrons. The van der Waals surface area contributed by atoms with Gasteiger partial charge in [0.15, 0.2) is 6.10 Å². The van der Waals surface area contributed by atoms with Gasteiger partial charge < -0.3 is 20.1 Å². The van der Waals surface area contributed by atoms with Crippen LogP contribution in [0, 0.1) is 0 Å². The first-order chi connectivity index (χ1) is 45.8. The summed E-state index contributed by atoms with van der Waals surface area (Å²) in [5, 5.41) is 0. The first kappa shape index (κ1) is 90.5. The predicted octanol–water partition coefficient (Wildman–Crippen LogP) is 27.1. The van der Waals surface area contributed by atoms with Gasteiger partial charge in [0.25, 0.3) is 0 Å². The fourth-order valence-corrected chi connectivity index (χ4v) is 12.9. The molecule has 0 spiro atoms. The minimum Gasteiger partial charge on any atom is -0.462 e. The average Bonchev–Trinajstić information content (AvgIpc) is 3.49. The largest absolute Gasteiger partial charge is 0.472 e. The van der Waals surface area contributed by atoms with Crippen LogP contribution >= 0.6 is 7.82 Å². The van der Waals surface area contributed by atoms with Crippen molar-refractivity contribution in [3.8, 4) is 0 Å². The molecular formula is C83H154NO8P. The van der Waals surface area contributed by atoms with Crippen LogP contribution in [0.25, 0.3) is 0 Å². The Morgan fingerprint density at radius 2 is 0.591 bits per heavy atom. The molecule has 2 unspecified atom stereocenters. The van der Waals surface area contributed by atoms with E-state index in [-0.39, 0.29) is 38.6 Å². The summed E-state index contributed by atoms with van der Waals surface area (Å²) in [5.74, 6) is -0.803. The third kappa shape index (κ3) is 78.3. The van der Waals surface area contributed by atoms with Gasteiger partial charge in [-0.05, 0) is 83.5 Å². The zero-order chi connectivity index (χ0) is 67.2. The normalized spacial score (nSPS) is 13.2. The van der Waals surface area contributed by atoms with Crippen LogP contribution in [0.3, 0.4) is 0 Å². The number of allylic oxidation sites excluding steroid dienone is 12. The lowest BCUT2D eigenvalue weighted by Crippen LogP contribution is -2.29. The van der Waals surface area contributed by atoms with Crippen LogP contribution < -0.4 is 5.73 Å². The fraction of sp³-hybridized carbons (Fsp3) is 0.831. The van der Waals surface area contributed by atoms with Crippen molar-refractivity contribution in [2.24, 2.45) is 5.73 Å². The molecule has 0 aromatic rings. The van der Waals surface area contributed by atoms with Crippen LogP contribution in [0.1, 0.15) is 412 Å². The lowest BCUT2D eigenvalue weighted by molar-refractivity contribution is -0.161. The Kier molecular flexibility index (Phi) is 76.3. The summed E-state index contributed by atoms with van der Waals surface area (Å²) >= 11 is 0. The van der Waals surface area contributed by atoms with E-state index in [9.17, 15) is 19.0 Å². The molecule has 3 N–H and O–H groups in total. The fourth-order valence-electron chi connectivity index (χ4n) is 12.1. The molecule has 0 amide bonds. The number of carbonyl (C=O) groups is 2. The van der Waals surface area contributed by atoms with Gasteiger partial charge in [-0.3, -0.25) is 18.6 Å². The van der Waals surface area contributed by atoms with Crippen molar-refractivity contribution in [1.29, 1.82) is 0 Å². The van der Waals surface area contributed by atoms with Crippen LogP contribution in [-0.2, 0) is 32.7 Å². The summed E-state index contributed by atoms with van der Waals surface area (Å²) in [4.78, 5) is 35.5. The molecule has 0 fully saturated rings. The van der Waals surface area contributed by atoms with E-state index in [1.54, 1.807) is 0 Å². The highest BCUT2D eigenvalue weighted by Crippen LogP contribution is 2.43. The van der Waals surface area contributed by atoms with Crippen molar-refractivity contribution in [3.63, 3.8) is 0 Å². The number of hydrogen-bond donors (Lipinski definition) is 2. The Labute approximate surface area is 577 Å². The molecule has 2 atom stereocenters. The molecule has 0 bridgehead atoms. The molecule has 0 heterocycles. The Hall–Kier alpha value is -2.55. The number of unbranched alkanes of at least 4 members (excludes halogenated alkanes) is 52. The van der Waals surface area contributed by atoms with Gasteiger partial charge in [0, 0.05) is 19.4 Å². The molecule has 0 aromatic heterocycles. The molecule has 10 heteroatoms. The first-order valence-electron chi connectivity index (χ1n) is 40.4. The highest BCUT2D eigenvalue weighted by atomic mass is 31.2. The topological polar surface area (TPSA) is 134 Å². The number of rotatable bonds is 77. The van der Waals surface area contributed by atoms with Crippen LogP contribution in [-0.4, -0.2) is 49.3 Å². The van der Waals surface area contributed by atoms with E-state index in [1.165, 1.54) is 315 Å². The van der Waals surface area contributed by atoms with E-state index >= 15 is 0 Å². The SMILES string of the molecule is CC/C=C\C/C=C\C/C=C\C/C=C\C/C=C\CCCCCCCCCCCCCCCCCCCCCCCCCCCC(=O)OC(COC(=O)CCCCCCCCCCCCCCCCCCCCC/C=C\CCCCCCCCCC)COP(=O)(O)OCCN. The van der Waals surface area contributed by atoms with Gasteiger partial charge in [-0.1, -0.05) is 389 Å². The van der Waals surface area contributed by atoms with E-state index in [0.29, 0.717) is 6.42 Å². The third-order valence-corrected chi connectivity index (χ3v) is 19.1. The van der Waals surface area contributed by atoms with E-state index in [4.69, 9.17) is 24.3 Å². The number of ether oxygens (including phenoxy) is 2. The van der Waals surface area contributed by atoms with Crippen LogP contribution in [0.5, 0.6) is 0 Å². The van der Waals surface area contributed by atoms with E-state index in [1.807, 2.05) is 0 Å². The summed E-state index contributed by atoms with van der Waals surface area (Å²) in [7, 11) is -4.40. The predicted molar refractivity (Wildman–Crippen MR) is 404 cm³/mol.